The van der Waals surface area contributed by atoms with Crippen molar-refractivity contribution in [3.05, 3.63) is 0 Å². The van der Waals surface area contributed by atoms with Gasteiger partial charge in [0.2, 0.25) is 0 Å². The zero-order chi connectivity index (χ0) is 14.6. The summed E-state index contributed by atoms with van der Waals surface area (Å²) in [4.78, 5) is 2.39. The van der Waals surface area contributed by atoms with E-state index in [1.54, 1.807) is 0 Å². The molecule has 0 amide bonds. The molecule has 3 unspecified atom stereocenters. The van der Waals surface area contributed by atoms with Crippen LogP contribution in [-0.2, 0) is 0 Å². The zero-order valence-electron chi connectivity index (χ0n) is 14.3. The van der Waals surface area contributed by atoms with Crippen LogP contribution >= 0.6 is 0 Å². The van der Waals surface area contributed by atoms with Crippen LogP contribution in [0.15, 0.2) is 0 Å². The van der Waals surface area contributed by atoms with Crippen molar-refractivity contribution in [3.63, 3.8) is 0 Å². The summed E-state index contributed by atoms with van der Waals surface area (Å²) in [5.41, 5.74) is 0.219. The molecule has 0 bridgehead atoms. The van der Waals surface area contributed by atoms with Crippen molar-refractivity contribution in [2.45, 2.75) is 71.9 Å². The SMILES string of the molecule is CCCNC(C1CC(C)CC(C)C1)C(C)(C)N(C)C. The zero-order valence-corrected chi connectivity index (χ0v) is 14.3. The third kappa shape index (κ3) is 4.46. The molecule has 1 aliphatic rings. The van der Waals surface area contributed by atoms with Crippen LogP contribution in [0.2, 0.25) is 0 Å². The Morgan fingerprint density at radius 3 is 2.05 bits per heavy atom. The van der Waals surface area contributed by atoms with Crippen molar-refractivity contribution >= 4 is 0 Å². The number of nitrogens with zero attached hydrogens (tertiary/aromatic N) is 1. The van der Waals surface area contributed by atoms with Crippen molar-refractivity contribution in [2.75, 3.05) is 20.6 Å². The summed E-state index contributed by atoms with van der Waals surface area (Å²) in [7, 11) is 4.44. The van der Waals surface area contributed by atoms with E-state index in [9.17, 15) is 0 Å². The van der Waals surface area contributed by atoms with Crippen molar-refractivity contribution in [2.24, 2.45) is 17.8 Å². The molecule has 0 aromatic heterocycles. The van der Waals surface area contributed by atoms with Gasteiger partial charge in [-0.3, -0.25) is 0 Å². The molecule has 1 aliphatic carbocycles. The molecule has 0 heterocycles. The molecular formula is C17H36N2. The largest absolute Gasteiger partial charge is 0.312 e. The molecule has 0 aromatic carbocycles. The summed E-state index contributed by atoms with van der Waals surface area (Å²) in [5, 5.41) is 3.86. The minimum atomic E-state index is 0.219. The number of nitrogens with one attached hydrogen (secondary N) is 1. The van der Waals surface area contributed by atoms with E-state index >= 15 is 0 Å². The predicted octanol–water partition coefficient (Wildman–Crippen LogP) is 3.77. The van der Waals surface area contributed by atoms with E-state index in [1.165, 1.54) is 25.7 Å². The smallest absolute Gasteiger partial charge is 0.0302 e. The number of rotatable bonds is 6. The first-order chi connectivity index (χ1) is 8.78. The van der Waals surface area contributed by atoms with Gasteiger partial charge >= 0.3 is 0 Å². The lowest BCUT2D eigenvalue weighted by molar-refractivity contribution is 0.0659. The Bertz CT molecular complexity index is 250. The van der Waals surface area contributed by atoms with E-state index in [-0.39, 0.29) is 5.54 Å². The maximum Gasteiger partial charge on any atom is 0.0302 e. The van der Waals surface area contributed by atoms with Crippen molar-refractivity contribution in [1.29, 1.82) is 0 Å². The standard InChI is InChI=1S/C17H36N2/c1-8-9-18-16(17(4,5)19(6)7)15-11-13(2)10-14(3)12-15/h13-16,18H,8-12H2,1-7H3. The molecule has 1 N–H and O–H groups in total. The average Bonchev–Trinajstić information content (AvgIpc) is 2.27. The third-order valence-corrected chi connectivity index (χ3v) is 5.21. The molecule has 0 radical (unpaired) electrons. The van der Waals surface area contributed by atoms with E-state index < -0.39 is 0 Å². The van der Waals surface area contributed by atoms with Gasteiger partial charge in [-0.2, -0.15) is 0 Å². The van der Waals surface area contributed by atoms with Gasteiger partial charge in [-0.15, -0.1) is 0 Å². The van der Waals surface area contributed by atoms with Gasteiger partial charge in [0.25, 0.3) is 0 Å². The van der Waals surface area contributed by atoms with Gasteiger partial charge in [-0.05, 0) is 77.9 Å². The van der Waals surface area contributed by atoms with E-state index in [4.69, 9.17) is 0 Å². The lowest BCUT2D eigenvalue weighted by Crippen LogP contribution is -2.59. The number of likely N-dealkylation sites (N-methyl/N-ethyl adjacent to an activating group) is 1. The second-order valence-electron chi connectivity index (χ2n) is 7.66. The molecule has 0 aliphatic heterocycles. The van der Waals surface area contributed by atoms with Crippen LogP contribution in [0.4, 0.5) is 0 Å². The first-order valence-electron chi connectivity index (χ1n) is 8.19. The summed E-state index contributed by atoms with van der Waals surface area (Å²) in [6.07, 6.45) is 5.42. The Kier molecular flexibility index (Phi) is 6.32. The monoisotopic (exact) mass is 268 g/mol. The lowest BCUT2D eigenvalue weighted by Gasteiger charge is -2.47. The maximum atomic E-state index is 3.86. The van der Waals surface area contributed by atoms with Crippen LogP contribution in [0.5, 0.6) is 0 Å². The summed E-state index contributed by atoms with van der Waals surface area (Å²) in [5.74, 6) is 2.60. The van der Waals surface area contributed by atoms with Crippen molar-refractivity contribution in [3.8, 4) is 0 Å². The second-order valence-corrected chi connectivity index (χ2v) is 7.66. The molecular weight excluding hydrogens is 232 g/mol. The van der Waals surface area contributed by atoms with E-state index in [1.807, 2.05) is 0 Å². The predicted molar refractivity (Wildman–Crippen MR) is 85.5 cm³/mol. The fourth-order valence-corrected chi connectivity index (χ4v) is 3.85. The Balaban J connectivity index is 2.83. The van der Waals surface area contributed by atoms with Crippen LogP contribution in [0.3, 0.4) is 0 Å². The molecule has 114 valence electrons. The molecule has 3 atom stereocenters. The van der Waals surface area contributed by atoms with Gasteiger partial charge < -0.3 is 10.2 Å². The Morgan fingerprint density at radius 2 is 1.63 bits per heavy atom. The number of hydrogen-bond donors (Lipinski definition) is 1. The van der Waals surface area contributed by atoms with Gasteiger partial charge in [-0.25, -0.2) is 0 Å². The van der Waals surface area contributed by atoms with E-state index in [2.05, 4.69) is 58.9 Å². The number of hydrogen-bond acceptors (Lipinski definition) is 2. The molecule has 19 heavy (non-hydrogen) atoms. The van der Waals surface area contributed by atoms with Crippen LogP contribution in [0, 0.1) is 17.8 Å². The van der Waals surface area contributed by atoms with Crippen molar-refractivity contribution < 1.29 is 0 Å². The van der Waals surface area contributed by atoms with Gasteiger partial charge in [-0.1, -0.05) is 20.8 Å². The fraction of sp³-hybridized carbons (Fsp3) is 1.00. The fourth-order valence-electron chi connectivity index (χ4n) is 3.85. The van der Waals surface area contributed by atoms with Gasteiger partial charge in [0.15, 0.2) is 0 Å². The Morgan fingerprint density at radius 1 is 1.11 bits per heavy atom. The normalized spacial score (nSPS) is 30.6. The van der Waals surface area contributed by atoms with Gasteiger partial charge in [0.05, 0.1) is 0 Å². The third-order valence-electron chi connectivity index (χ3n) is 5.21. The lowest BCUT2D eigenvalue weighted by atomic mass is 9.69. The van der Waals surface area contributed by atoms with Crippen LogP contribution in [-0.4, -0.2) is 37.1 Å². The summed E-state index contributed by atoms with van der Waals surface area (Å²) < 4.78 is 0. The Hall–Kier alpha value is -0.0800. The molecule has 0 saturated heterocycles. The highest BCUT2D eigenvalue weighted by atomic mass is 15.2. The topological polar surface area (TPSA) is 15.3 Å². The molecule has 1 fully saturated rings. The minimum absolute atomic E-state index is 0.219. The summed E-state index contributed by atoms with van der Waals surface area (Å²) in [6.45, 7) is 13.1. The molecule has 2 heteroatoms. The van der Waals surface area contributed by atoms with Crippen LogP contribution < -0.4 is 5.32 Å². The minimum Gasteiger partial charge on any atom is -0.312 e. The summed E-state index contributed by atoms with van der Waals surface area (Å²) in [6, 6.07) is 0.604. The van der Waals surface area contributed by atoms with Gasteiger partial charge in [0.1, 0.15) is 0 Å². The molecule has 2 nitrogen and oxygen atoms in total. The highest BCUT2D eigenvalue weighted by Crippen LogP contribution is 2.38. The highest BCUT2D eigenvalue weighted by molar-refractivity contribution is 4.97. The second kappa shape index (κ2) is 7.08. The Labute approximate surface area is 121 Å². The maximum absolute atomic E-state index is 3.86. The molecule has 0 aromatic rings. The molecule has 1 saturated carbocycles. The highest BCUT2D eigenvalue weighted by Gasteiger charge is 2.39. The molecule has 1 rings (SSSR count). The van der Waals surface area contributed by atoms with E-state index in [0.717, 1.165) is 24.3 Å². The quantitative estimate of drug-likeness (QED) is 0.789. The van der Waals surface area contributed by atoms with Gasteiger partial charge in [0, 0.05) is 11.6 Å². The first kappa shape index (κ1) is 17.0. The van der Waals surface area contributed by atoms with E-state index in [0.29, 0.717) is 6.04 Å². The average molecular weight is 268 g/mol. The van der Waals surface area contributed by atoms with Crippen LogP contribution in [0.25, 0.3) is 0 Å². The molecule has 0 spiro atoms. The van der Waals surface area contributed by atoms with Crippen molar-refractivity contribution in [1.82, 2.24) is 10.2 Å². The van der Waals surface area contributed by atoms with Crippen LogP contribution in [0.1, 0.15) is 60.3 Å². The first-order valence-corrected chi connectivity index (χ1v) is 8.19. The summed E-state index contributed by atoms with van der Waals surface area (Å²) >= 11 is 0.